The number of aliphatic hydroxyl groups is 1. The van der Waals surface area contributed by atoms with Gasteiger partial charge in [-0.2, -0.15) is 13.2 Å². The number of rotatable bonds is 4. The highest BCUT2D eigenvalue weighted by Crippen LogP contribution is 2.22. The highest BCUT2D eigenvalue weighted by molar-refractivity contribution is 4.51. The lowest BCUT2D eigenvalue weighted by Gasteiger charge is -2.11. The highest BCUT2D eigenvalue weighted by atomic mass is 19.4. The van der Waals surface area contributed by atoms with Gasteiger partial charge in [0.25, 0.3) is 0 Å². The summed E-state index contributed by atoms with van der Waals surface area (Å²) in [6, 6.07) is 0. The van der Waals surface area contributed by atoms with E-state index in [1.807, 2.05) is 0 Å². The Kier molecular flexibility index (Phi) is 4.44. The summed E-state index contributed by atoms with van der Waals surface area (Å²) in [6.45, 7) is 1.83. The third kappa shape index (κ3) is 7.61. The second kappa shape index (κ2) is 4.56. The van der Waals surface area contributed by atoms with E-state index in [9.17, 15) is 13.2 Å². The normalized spacial score (nSPS) is 15.0. The quantitative estimate of drug-likeness (QED) is 0.654. The largest absolute Gasteiger partial charge is 0.389 e. The van der Waals surface area contributed by atoms with Crippen molar-refractivity contribution in [1.29, 1.82) is 0 Å². The van der Waals surface area contributed by atoms with E-state index in [1.54, 1.807) is 6.92 Å². The van der Waals surface area contributed by atoms with Gasteiger partial charge in [-0.3, -0.25) is 0 Å². The molecule has 0 aliphatic rings. The molecule has 0 fully saturated rings. The fourth-order valence-corrected chi connectivity index (χ4v) is 0.563. The molecule has 5 heteroatoms. The minimum atomic E-state index is -4.21. The Bertz CT molecular complexity index is 102. The van der Waals surface area contributed by atoms with Gasteiger partial charge in [0.2, 0.25) is 0 Å². The zero-order chi connectivity index (χ0) is 8.91. The van der Waals surface area contributed by atoms with Crippen molar-refractivity contribution in [3.05, 3.63) is 0 Å². The molecule has 0 heterocycles. The van der Waals surface area contributed by atoms with Gasteiger partial charge >= 0.3 is 6.18 Å². The van der Waals surface area contributed by atoms with Gasteiger partial charge in [-0.1, -0.05) is 0 Å². The van der Waals surface area contributed by atoms with E-state index in [1.165, 1.54) is 0 Å². The molecule has 68 valence electrons. The van der Waals surface area contributed by atoms with Crippen LogP contribution in [0, 0.1) is 0 Å². The predicted octanol–water partition coefficient (Wildman–Crippen LogP) is 1.68. The average molecular weight is 172 g/mol. The van der Waals surface area contributed by atoms with Crippen molar-refractivity contribution in [2.45, 2.75) is 32.2 Å². The van der Waals surface area contributed by atoms with Gasteiger partial charge in [-0.05, 0) is 6.92 Å². The molecule has 0 aliphatic heterocycles. The van der Waals surface area contributed by atoms with E-state index < -0.39 is 25.3 Å². The molecule has 0 aromatic rings. The molecular formula is C6H11F3O2. The van der Waals surface area contributed by atoms with Crippen LogP contribution in [0.3, 0.4) is 0 Å². The Morgan fingerprint density at radius 3 is 2.36 bits per heavy atom. The van der Waals surface area contributed by atoms with Gasteiger partial charge in [0.1, 0.15) is 0 Å². The maximum absolute atomic E-state index is 11.5. The molecule has 0 aliphatic carbocycles. The molecule has 11 heavy (non-hydrogen) atoms. The molecule has 0 radical (unpaired) electrons. The first-order valence-electron chi connectivity index (χ1n) is 3.32. The maximum atomic E-state index is 11.5. The maximum Gasteiger partial charge on any atom is 0.389 e. The van der Waals surface area contributed by atoms with Gasteiger partial charge < -0.3 is 9.84 Å². The van der Waals surface area contributed by atoms with Gasteiger partial charge in [0.15, 0.2) is 6.29 Å². The standard InChI is InChI=1S/C6H11F3O2/c1-2-11-5(10)3-4-6(7,8)9/h5,10H,2-4H2,1H3. The molecule has 1 N–H and O–H groups in total. The molecule has 1 unspecified atom stereocenters. The third-order valence-corrected chi connectivity index (χ3v) is 1.03. The summed E-state index contributed by atoms with van der Waals surface area (Å²) in [5.41, 5.74) is 0. The zero-order valence-electron chi connectivity index (χ0n) is 6.19. The Balaban J connectivity index is 3.38. The van der Waals surface area contributed by atoms with Crippen LogP contribution in [0.25, 0.3) is 0 Å². The molecule has 2 nitrogen and oxygen atoms in total. The van der Waals surface area contributed by atoms with Crippen molar-refractivity contribution in [1.82, 2.24) is 0 Å². The van der Waals surface area contributed by atoms with Gasteiger partial charge in [0.05, 0.1) is 0 Å². The molecule has 0 rings (SSSR count). The molecule has 0 amide bonds. The molecule has 0 saturated heterocycles. The van der Waals surface area contributed by atoms with E-state index in [-0.39, 0.29) is 6.61 Å². The van der Waals surface area contributed by atoms with Gasteiger partial charge in [0, 0.05) is 19.4 Å². The molecule has 0 aromatic heterocycles. The van der Waals surface area contributed by atoms with Crippen LogP contribution in [0.1, 0.15) is 19.8 Å². The highest BCUT2D eigenvalue weighted by Gasteiger charge is 2.27. The molecule has 0 spiro atoms. The number of ether oxygens (including phenoxy) is 1. The lowest BCUT2D eigenvalue weighted by Crippen LogP contribution is -2.16. The number of aliphatic hydroxyl groups excluding tert-OH is 1. The van der Waals surface area contributed by atoms with Crippen LogP contribution in [-0.4, -0.2) is 24.2 Å². The van der Waals surface area contributed by atoms with Crippen molar-refractivity contribution in [3.63, 3.8) is 0 Å². The summed E-state index contributed by atoms with van der Waals surface area (Å²) >= 11 is 0. The van der Waals surface area contributed by atoms with Crippen LogP contribution in [0.2, 0.25) is 0 Å². The van der Waals surface area contributed by atoms with Gasteiger partial charge in [-0.25, -0.2) is 0 Å². The molecule has 0 aromatic carbocycles. The number of halogens is 3. The Morgan fingerprint density at radius 2 is 2.00 bits per heavy atom. The third-order valence-electron chi connectivity index (χ3n) is 1.03. The van der Waals surface area contributed by atoms with Crippen LogP contribution in [0.15, 0.2) is 0 Å². The summed E-state index contributed by atoms with van der Waals surface area (Å²) in [7, 11) is 0. The monoisotopic (exact) mass is 172 g/mol. The fourth-order valence-electron chi connectivity index (χ4n) is 0.563. The Labute approximate surface area is 63.0 Å². The van der Waals surface area contributed by atoms with Crippen LogP contribution in [0.4, 0.5) is 13.2 Å². The first kappa shape index (κ1) is 10.7. The molecule has 1 atom stereocenters. The van der Waals surface area contributed by atoms with E-state index in [2.05, 4.69) is 4.74 Å². The summed E-state index contributed by atoms with van der Waals surface area (Å²) in [6.07, 6.45) is -6.90. The average Bonchev–Trinajstić information content (AvgIpc) is 1.83. The summed E-state index contributed by atoms with van der Waals surface area (Å²) in [5.74, 6) is 0. The lowest BCUT2D eigenvalue weighted by atomic mass is 10.3. The van der Waals surface area contributed by atoms with E-state index in [0.717, 1.165) is 0 Å². The zero-order valence-corrected chi connectivity index (χ0v) is 6.19. The second-order valence-corrected chi connectivity index (χ2v) is 2.06. The fraction of sp³-hybridized carbons (Fsp3) is 1.00. The first-order valence-corrected chi connectivity index (χ1v) is 3.32. The van der Waals surface area contributed by atoms with Crippen molar-refractivity contribution < 1.29 is 23.0 Å². The number of hydrogen-bond acceptors (Lipinski definition) is 2. The first-order chi connectivity index (χ1) is 4.95. The van der Waals surface area contributed by atoms with Crippen molar-refractivity contribution in [2.75, 3.05) is 6.61 Å². The van der Waals surface area contributed by atoms with Crippen LogP contribution in [0.5, 0.6) is 0 Å². The Morgan fingerprint density at radius 1 is 1.45 bits per heavy atom. The van der Waals surface area contributed by atoms with Crippen molar-refractivity contribution in [3.8, 4) is 0 Å². The second-order valence-electron chi connectivity index (χ2n) is 2.06. The minimum Gasteiger partial charge on any atom is -0.368 e. The van der Waals surface area contributed by atoms with E-state index in [0.29, 0.717) is 0 Å². The smallest absolute Gasteiger partial charge is 0.368 e. The topological polar surface area (TPSA) is 29.5 Å². The van der Waals surface area contributed by atoms with Crippen LogP contribution >= 0.6 is 0 Å². The van der Waals surface area contributed by atoms with Crippen LogP contribution < -0.4 is 0 Å². The predicted molar refractivity (Wildman–Crippen MR) is 32.9 cm³/mol. The number of alkyl halides is 3. The number of hydrogen-bond donors (Lipinski definition) is 1. The molecule has 0 saturated carbocycles. The van der Waals surface area contributed by atoms with Crippen molar-refractivity contribution >= 4 is 0 Å². The molecule has 0 bridgehead atoms. The lowest BCUT2D eigenvalue weighted by molar-refractivity contribution is -0.162. The summed E-state index contributed by atoms with van der Waals surface area (Å²) in [4.78, 5) is 0. The van der Waals surface area contributed by atoms with E-state index >= 15 is 0 Å². The summed E-state index contributed by atoms with van der Waals surface area (Å²) in [5, 5.41) is 8.69. The van der Waals surface area contributed by atoms with Crippen molar-refractivity contribution in [2.24, 2.45) is 0 Å². The summed E-state index contributed by atoms with van der Waals surface area (Å²) < 4.78 is 39.0. The Hall–Kier alpha value is -0.290. The van der Waals surface area contributed by atoms with Gasteiger partial charge in [-0.15, -0.1) is 0 Å². The van der Waals surface area contributed by atoms with Crippen LogP contribution in [-0.2, 0) is 4.74 Å². The molecular weight excluding hydrogens is 161 g/mol. The minimum absolute atomic E-state index is 0.221. The van der Waals surface area contributed by atoms with E-state index in [4.69, 9.17) is 5.11 Å². The SMILES string of the molecule is CCOC(O)CCC(F)(F)F.